The smallest absolute Gasteiger partial charge is 0.300 e. The number of ketones is 1. The lowest BCUT2D eigenvalue weighted by Gasteiger charge is -2.25. The molecule has 0 radical (unpaired) electrons. The molecule has 31 heavy (non-hydrogen) atoms. The van der Waals surface area contributed by atoms with Crippen LogP contribution in [0.25, 0.3) is 5.76 Å². The number of aryl methyl sites for hydroxylation is 1. The van der Waals surface area contributed by atoms with Crippen LogP contribution in [0.3, 0.4) is 0 Å². The Hall–Kier alpha value is -2.96. The molecule has 1 amide bonds. The molecule has 1 atom stereocenters. The zero-order chi connectivity index (χ0) is 22.3. The first-order valence-electron chi connectivity index (χ1n) is 9.36. The number of halogens is 3. The average Bonchev–Trinajstić information content (AvgIpc) is 3.01. The van der Waals surface area contributed by atoms with Gasteiger partial charge < -0.3 is 5.11 Å². The van der Waals surface area contributed by atoms with E-state index in [4.69, 9.17) is 11.6 Å². The predicted octanol–water partition coefficient (Wildman–Crippen LogP) is 6.18. The molecule has 0 aromatic heterocycles. The Morgan fingerprint density at radius 2 is 1.68 bits per heavy atom. The highest BCUT2D eigenvalue weighted by Gasteiger charge is 2.46. The van der Waals surface area contributed by atoms with E-state index < -0.39 is 23.5 Å². The van der Waals surface area contributed by atoms with Gasteiger partial charge in [-0.15, -0.1) is 0 Å². The number of anilines is 1. The lowest BCUT2D eigenvalue weighted by atomic mass is 9.94. The third-order valence-corrected chi connectivity index (χ3v) is 6.31. The molecule has 1 aliphatic heterocycles. The summed E-state index contributed by atoms with van der Waals surface area (Å²) >= 11 is 9.43. The SMILES string of the molecule is Cc1cc(/C(O)=C2/C(=O)C(=O)N(c3ccc(F)cc3)C2c2ccc(Cl)cc2)ccc1Br. The second-order valence-corrected chi connectivity index (χ2v) is 8.45. The first-order valence-corrected chi connectivity index (χ1v) is 10.5. The zero-order valence-electron chi connectivity index (χ0n) is 16.3. The molecule has 0 aliphatic carbocycles. The van der Waals surface area contributed by atoms with Crippen LogP contribution in [-0.4, -0.2) is 16.8 Å². The zero-order valence-corrected chi connectivity index (χ0v) is 18.6. The van der Waals surface area contributed by atoms with Crippen LogP contribution in [0.5, 0.6) is 0 Å². The Labute approximate surface area is 191 Å². The molecule has 0 saturated carbocycles. The molecule has 3 aromatic rings. The summed E-state index contributed by atoms with van der Waals surface area (Å²) in [6, 6.07) is 16.2. The Kier molecular flexibility index (Phi) is 5.69. The molecule has 1 unspecified atom stereocenters. The van der Waals surface area contributed by atoms with Gasteiger partial charge in [0.25, 0.3) is 11.7 Å². The molecule has 1 fully saturated rings. The van der Waals surface area contributed by atoms with E-state index in [2.05, 4.69) is 15.9 Å². The monoisotopic (exact) mass is 499 g/mol. The lowest BCUT2D eigenvalue weighted by Crippen LogP contribution is -2.29. The molecule has 1 aliphatic rings. The third kappa shape index (κ3) is 3.89. The van der Waals surface area contributed by atoms with Crippen molar-refractivity contribution in [3.8, 4) is 0 Å². The topological polar surface area (TPSA) is 57.6 Å². The minimum atomic E-state index is -0.897. The summed E-state index contributed by atoms with van der Waals surface area (Å²) in [4.78, 5) is 27.3. The van der Waals surface area contributed by atoms with Gasteiger partial charge in [-0.2, -0.15) is 0 Å². The normalized spacial score (nSPS) is 17.9. The molecule has 4 nitrogen and oxygen atoms in total. The Balaban J connectivity index is 1.94. The summed E-state index contributed by atoms with van der Waals surface area (Å²) < 4.78 is 14.3. The van der Waals surface area contributed by atoms with Crippen LogP contribution >= 0.6 is 27.5 Å². The van der Waals surface area contributed by atoms with Crippen molar-refractivity contribution in [2.45, 2.75) is 13.0 Å². The van der Waals surface area contributed by atoms with E-state index in [-0.39, 0.29) is 11.3 Å². The van der Waals surface area contributed by atoms with Crippen LogP contribution in [0.1, 0.15) is 22.7 Å². The standard InChI is InChI=1S/C24H16BrClFNO3/c1-13-12-15(4-11-19(13)25)22(29)20-21(14-2-5-16(26)6-3-14)28(24(31)23(20)30)18-9-7-17(27)8-10-18/h2-12,21,29H,1H3/b22-20-. The van der Waals surface area contributed by atoms with Gasteiger partial charge in [-0.3, -0.25) is 14.5 Å². The number of aliphatic hydroxyl groups is 1. The largest absolute Gasteiger partial charge is 0.507 e. The van der Waals surface area contributed by atoms with Crippen LogP contribution in [0.15, 0.2) is 76.8 Å². The van der Waals surface area contributed by atoms with E-state index in [0.29, 0.717) is 21.8 Å². The van der Waals surface area contributed by atoms with E-state index in [1.807, 2.05) is 6.92 Å². The lowest BCUT2D eigenvalue weighted by molar-refractivity contribution is -0.132. The maximum absolute atomic E-state index is 13.5. The van der Waals surface area contributed by atoms with Crippen LogP contribution in [-0.2, 0) is 9.59 Å². The molecule has 7 heteroatoms. The fraction of sp³-hybridized carbons (Fsp3) is 0.0833. The predicted molar refractivity (Wildman–Crippen MR) is 122 cm³/mol. The highest BCUT2D eigenvalue weighted by atomic mass is 79.9. The number of aliphatic hydroxyl groups excluding tert-OH is 1. The van der Waals surface area contributed by atoms with E-state index in [9.17, 15) is 19.1 Å². The van der Waals surface area contributed by atoms with Gasteiger partial charge in [0.05, 0.1) is 11.6 Å². The summed E-state index contributed by atoms with van der Waals surface area (Å²) in [6.45, 7) is 1.86. The maximum atomic E-state index is 13.5. The maximum Gasteiger partial charge on any atom is 0.300 e. The highest BCUT2D eigenvalue weighted by molar-refractivity contribution is 9.10. The van der Waals surface area contributed by atoms with E-state index in [0.717, 1.165) is 10.0 Å². The van der Waals surface area contributed by atoms with Gasteiger partial charge in [0.2, 0.25) is 0 Å². The molecular formula is C24H16BrClFNO3. The fourth-order valence-electron chi connectivity index (χ4n) is 3.61. The van der Waals surface area contributed by atoms with Crippen LogP contribution in [0.4, 0.5) is 10.1 Å². The molecule has 1 N–H and O–H groups in total. The van der Waals surface area contributed by atoms with Gasteiger partial charge >= 0.3 is 0 Å². The molecule has 1 heterocycles. The van der Waals surface area contributed by atoms with Gasteiger partial charge in [-0.05, 0) is 66.6 Å². The van der Waals surface area contributed by atoms with Crippen LogP contribution < -0.4 is 4.90 Å². The number of carbonyl (C=O) groups excluding carboxylic acids is 2. The minimum Gasteiger partial charge on any atom is -0.507 e. The summed E-state index contributed by atoms with van der Waals surface area (Å²) in [7, 11) is 0. The Morgan fingerprint density at radius 3 is 2.29 bits per heavy atom. The van der Waals surface area contributed by atoms with Gasteiger partial charge in [0.1, 0.15) is 11.6 Å². The Bertz CT molecular complexity index is 1220. The van der Waals surface area contributed by atoms with Crippen molar-refractivity contribution in [2.24, 2.45) is 0 Å². The van der Waals surface area contributed by atoms with Crippen LogP contribution in [0.2, 0.25) is 5.02 Å². The summed E-state index contributed by atoms with van der Waals surface area (Å²) in [5, 5.41) is 11.6. The first-order chi connectivity index (χ1) is 14.8. The third-order valence-electron chi connectivity index (χ3n) is 5.17. The molecule has 1 saturated heterocycles. The van der Waals surface area contributed by atoms with Gasteiger partial charge in [-0.1, -0.05) is 45.7 Å². The molecule has 0 spiro atoms. The first kappa shape index (κ1) is 21.3. The Morgan fingerprint density at radius 1 is 1.03 bits per heavy atom. The van der Waals surface area contributed by atoms with Crippen molar-refractivity contribution in [2.75, 3.05) is 4.90 Å². The quantitative estimate of drug-likeness (QED) is 0.266. The second kappa shape index (κ2) is 8.29. The number of benzene rings is 3. The van der Waals surface area contributed by atoms with E-state index in [1.165, 1.54) is 29.2 Å². The fourth-order valence-corrected chi connectivity index (χ4v) is 3.98. The summed E-state index contributed by atoms with van der Waals surface area (Å²) in [5.74, 6) is -2.36. The van der Waals surface area contributed by atoms with E-state index in [1.54, 1.807) is 42.5 Å². The average molecular weight is 501 g/mol. The van der Waals surface area contributed by atoms with Crippen molar-refractivity contribution in [3.63, 3.8) is 0 Å². The number of hydrogen-bond donors (Lipinski definition) is 1. The van der Waals surface area contributed by atoms with E-state index >= 15 is 0 Å². The second-order valence-electron chi connectivity index (χ2n) is 7.16. The van der Waals surface area contributed by atoms with Gasteiger partial charge in [0.15, 0.2) is 0 Å². The number of carbonyl (C=O) groups is 2. The van der Waals surface area contributed by atoms with Gasteiger partial charge in [-0.25, -0.2) is 4.39 Å². The van der Waals surface area contributed by atoms with Crippen molar-refractivity contribution < 1.29 is 19.1 Å². The number of rotatable bonds is 3. The van der Waals surface area contributed by atoms with Crippen molar-refractivity contribution in [1.29, 1.82) is 0 Å². The van der Waals surface area contributed by atoms with Crippen LogP contribution in [0, 0.1) is 12.7 Å². The molecule has 0 bridgehead atoms. The highest BCUT2D eigenvalue weighted by Crippen LogP contribution is 2.42. The molecule has 156 valence electrons. The number of hydrogen-bond acceptors (Lipinski definition) is 3. The number of nitrogens with zero attached hydrogens (tertiary/aromatic N) is 1. The van der Waals surface area contributed by atoms with Crippen molar-refractivity contribution in [3.05, 3.63) is 104 Å². The van der Waals surface area contributed by atoms with Crippen molar-refractivity contribution in [1.82, 2.24) is 0 Å². The summed E-state index contributed by atoms with van der Waals surface area (Å²) in [5.41, 5.74) is 2.16. The number of Topliss-reactive ketones (excluding diaryl/α,β-unsaturated/α-hetero) is 1. The molecule has 4 rings (SSSR count). The van der Waals surface area contributed by atoms with Crippen molar-refractivity contribution >= 4 is 50.7 Å². The molecular weight excluding hydrogens is 485 g/mol. The number of amides is 1. The minimum absolute atomic E-state index is 0.0432. The van der Waals surface area contributed by atoms with Gasteiger partial charge in [0, 0.05) is 20.7 Å². The molecule has 3 aromatic carbocycles. The summed E-state index contributed by atoms with van der Waals surface area (Å²) in [6.07, 6.45) is 0.